The number of aryl methyl sites for hydroxylation is 1. The van der Waals surface area contributed by atoms with Crippen molar-refractivity contribution in [1.82, 2.24) is 19.7 Å². The Kier molecular flexibility index (Phi) is 4.09. The number of aromatic nitrogens is 4. The smallest absolute Gasteiger partial charge is 0.201 e. The van der Waals surface area contributed by atoms with E-state index >= 15 is 0 Å². The summed E-state index contributed by atoms with van der Waals surface area (Å²) in [7, 11) is 0. The molecule has 1 atom stereocenters. The topological polar surface area (TPSA) is 62.1 Å². The lowest BCUT2D eigenvalue weighted by molar-refractivity contribution is -0.0942. The minimum atomic E-state index is -0.315. The fraction of sp³-hybridized carbons (Fsp3) is 0.312. The molecule has 0 bridgehead atoms. The van der Waals surface area contributed by atoms with Crippen LogP contribution in [-0.2, 0) is 9.47 Å². The number of thiazole rings is 1. The zero-order valence-corrected chi connectivity index (χ0v) is 13.8. The molecular weight excluding hydrogens is 331 g/mol. The van der Waals surface area contributed by atoms with Crippen LogP contribution in [0.1, 0.15) is 16.9 Å². The lowest BCUT2D eigenvalue weighted by atomic mass is 10.3. The molecule has 6 nitrogen and oxygen atoms in total. The van der Waals surface area contributed by atoms with Gasteiger partial charge in [-0.1, -0.05) is 0 Å². The third-order valence-corrected chi connectivity index (χ3v) is 4.43. The fourth-order valence-electron chi connectivity index (χ4n) is 2.52. The van der Waals surface area contributed by atoms with Crippen molar-refractivity contribution in [3.63, 3.8) is 0 Å². The molecule has 0 spiro atoms. The Morgan fingerprint density at radius 3 is 2.71 bits per heavy atom. The van der Waals surface area contributed by atoms with Crippen molar-refractivity contribution in [2.45, 2.75) is 13.0 Å². The van der Waals surface area contributed by atoms with Gasteiger partial charge in [-0.2, -0.15) is 0 Å². The summed E-state index contributed by atoms with van der Waals surface area (Å²) in [6.45, 7) is 3.42. The molecule has 0 N–H and O–H groups in total. The lowest BCUT2D eigenvalue weighted by Crippen LogP contribution is -2.24. The third kappa shape index (κ3) is 2.95. The molecule has 0 saturated carbocycles. The summed E-state index contributed by atoms with van der Waals surface area (Å²) in [4.78, 5) is 9.05. The normalized spacial score (nSPS) is 18.0. The Morgan fingerprint density at radius 2 is 2.04 bits per heavy atom. The number of hydrogen-bond acceptors (Lipinski definition) is 6. The molecule has 1 aliphatic rings. The Bertz CT molecular complexity index is 840. The summed E-state index contributed by atoms with van der Waals surface area (Å²) in [6, 6.07) is 6.11. The van der Waals surface area contributed by atoms with E-state index in [1.165, 1.54) is 12.1 Å². The molecule has 0 aliphatic carbocycles. The van der Waals surface area contributed by atoms with Crippen LogP contribution in [0, 0.1) is 12.7 Å². The molecule has 0 radical (unpaired) electrons. The number of hydrogen-bond donors (Lipinski definition) is 0. The van der Waals surface area contributed by atoms with E-state index in [-0.39, 0.29) is 11.9 Å². The van der Waals surface area contributed by atoms with Gasteiger partial charge < -0.3 is 9.47 Å². The first-order valence-corrected chi connectivity index (χ1v) is 8.43. The van der Waals surface area contributed by atoms with Crippen molar-refractivity contribution in [3.05, 3.63) is 46.3 Å². The summed E-state index contributed by atoms with van der Waals surface area (Å²) >= 11 is 1.54. The van der Waals surface area contributed by atoms with Crippen molar-refractivity contribution in [3.8, 4) is 17.2 Å². The van der Waals surface area contributed by atoms with Crippen LogP contribution in [0.25, 0.3) is 17.2 Å². The number of ether oxygens (including phenoxy) is 2. The third-order valence-electron chi connectivity index (χ3n) is 3.66. The van der Waals surface area contributed by atoms with Gasteiger partial charge >= 0.3 is 0 Å². The monoisotopic (exact) mass is 346 g/mol. The Balaban J connectivity index is 1.79. The predicted octanol–water partition coefficient (Wildman–Crippen LogP) is 2.93. The Morgan fingerprint density at radius 1 is 1.21 bits per heavy atom. The van der Waals surface area contributed by atoms with Crippen molar-refractivity contribution in [1.29, 1.82) is 0 Å². The first-order chi connectivity index (χ1) is 11.7. The highest BCUT2D eigenvalue weighted by atomic mass is 32.1. The van der Waals surface area contributed by atoms with Gasteiger partial charge in [0, 0.05) is 5.38 Å². The van der Waals surface area contributed by atoms with Crippen LogP contribution >= 0.6 is 11.3 Å². The van der Waals surface area contributed by atoms with Crippen LogP contribution in [0.15, 0.2) is 29.6 Å². The van der Waals surface area contributed by atoms with Crippen LogP contribution < -0.4 is 0 Å². The molecule has 124 valence electrons. The van der Waals surface area contributed by atoms with E-state index in [1.807, 2.05) is 12.3 Å². The van der Waals surface area contributed by atoms with E-state index in [0.717, 1.165) is 10.7 Å². The molecular formula is C16H15FN4O2S. The van der Waals surface area contributed by atoms with Crippen molar-refractivity contribution in [2.24, 2.45) is 0 Å². The molecule has 8 heteroatoms. The van der Waals surface area contributed by atoms with E-state index in [9.17, 15) is 4.39 Å². The van der Waals surface area contributed by atoms with Crippen molar-refractivity contribution in [2.75, 3.05) is 19.8 Å². The quantitative estimate of drug-likeness (QED) is 0.730. The minimum Gasteiger partial charge on any atom is -0.376 e. The van der Waals surface area contributed by atoms with Gasteiger partial charge in [-0.25, -0.2) is 19.0 Å². The van der Waals surface area contributed by atoms with Crippen LogP contribution in [0.5, 0.6) is 0 Å². The second kappa shape index (κ2) is 6.39. The number of rotatable bonds is 3. The highest BCUT2D eigenvalue weighted by molar-refractivity contribution is 7.09. The van der Waals surface area contributed by atoms with Crippen molar-refractivity contribution >= 4 is 11.3 Å². The first kappa shape index (κ1) is 15.4. The van der Waals surface area contributed by atoms with Gasteiger partial charge in [0.15, 0.2) is 5.82 Å². The highest BCUT2D eigenvalue weighted by Gasteiger charge is 2.25. The van der Waals surface area contributed by atoms with E-state index in [2.05, 4.69) is 15.1 Å². The second-order valence-corrected chi connectivity index (χ2v) is 6.43. The summed E-state index contributed by atoms with van der Waals surface area (Å²) in [6.07, 6.45) is -0.315. The van der Waals surface area contributed by atoms with Gasteiger partial charge in [0.25, 0.3) is 0 Å². The first-order valence-electron chi connectivity index (χ1n) is 7.55. The summed E-state index contributed by atoms with van der Waals surface area (Å²) in [5, 5.41) is 7.43. The van der Waals surface area contributed by atoms with Gasteiger partial charge in [0.1, 0.15) is 17.6 Å². The van der Waals surface area contributed by atoms with E-state index in [1.54, 1.807) is 28.2 Å². The van der Waals surface area contributed by atoms with Gasteiger partial charge in [0.2, 0.25) is 5.82 Å². The zero-order chi connectivity index (χ0) is 16.5. The molecule has 1 fully saturated rings. The second-order valence-electron chi connectivity index (χ2n) is 5.37. The molecule has 3 heterocycles. The number of nitrogens with zero attached hydrogens (tertiary/aromatic N) is 4. The maximum Gasteiger partial charge on any atom is 0.201 e. The zero-order valence-electron chi connectivity index (χ0n) is 13.0. The average molecular weight is 346 g/mol. The molecule has 3 aromatic rings. The molecule has 24 heavy (non-hydrogen) atoms. The van der Waals surface area contributed by atoms with E-state index in [0.29, 0.717) is 37.2 Å². The highest BCUT2D eigenvalue weighted by Crippen LogP contribution is 2.26. The van der Waals surface area contributed by atoms with E-state index < -0.39 is 0 Å². The van der Waals surface area contributed by atoms with Gasteiger partial charge in [0.05, 0.1) is 30.5 Å². The maximum atomic E-state index is 13.2. The molecule has 0 amide bonds. The fourth-order valence-corrected chi connectivity index (χ4v) is 3.11. The van der Waals surface area contributed by atoms with Gasteiger partial charge in [-0.15, -0.1) is 16.4 Å². The number of benzene rings is 1. The molecule has 2 aromatic heterocycles. The SMILES string of the molecule is Cc1nc(-c2nc([C@@H]3COCCO3)n(-c3ccc(F)cc3)n2)cs1. The molecule has 1 aromatic carbocycles. The van der Waals surface area contributed by atoms with Crippen LogP contribution in [0.3, 0.4) is 0 Å². The summed E-state index contributed by atoms with van der Waals surface area (Å²) in [5.41, 5.74) is 1.43. The van der Waals surface area contributed by atoms with Gasteiger partial charge in [-0.05, 0) is 31.2 Å². The summed E-state index contributed by atoms with van der Waals surface area (Å²) in [5.74, 6) is 0.850. The maximum absolute atomic E-state index is 13.2. The predicted molar refractivity (Wildman–Crippen MR) is 86.7 cm³/mol. The number of halogens is 1. The lowest BCUT2D eigenvalue weighted by Gasteiger charge is -2.22. The van der Waals surface area contributed by atoms with Crippen LogP contribution in [0.4, 0.5) is 4.39 Å². The van der Waals surface area contributed by atoms with Gasteiger partial charge in [-0.3, -0.25) is 0 Å². The van der Waals surface area contributed by atoms with Crippen molar-refractivity contribution < 1.29 is 13.9 Å². The average Bonchev–Trinajstić information content (AvgIpc) is 3.23. The minimum absolute atomic E-state index is 0.298. The van der Waals surface area contributed by atoms with E-state index in [4.69, 9.17) is 9.47 Å². The Hall–Kier alpha value is -2.16. The summed E-state index contributed by atoms with van der Waals surface area (Å²) < 4.78 is 26.2. The molecule has 0 unspecified atom stereocenters. The largest absolute Gasteiger partial charge is 0.376 e. The molecule has 4 rings (SSSR count). The standard InChI is InChI=1S/C16H15FN4O2S/c1-10-18-13(9-24-10)15-19-16(14-8-22-6-7-23-14)21(20-15)12-4-2-11(17)3-5-12/h2-5,9,14H,6-8H2,1H3/t14-/m0/s1. The van der Waals surface area contributed by atoms with Crippen LogP contribution in [0.2, 0.25) is 0 Å². The molecule has 1 saturated heterocycles. The van der Waals surface area contributed by atoms with Crippen LogP contribution in [-0.4, -0.2) is 39.6 Å². The molecule has 1 aliphatic heterocycles. The Labute approximate surface area is 141 Å².